The zero-order valence-electron chi connectivity index (χ0n) is 14.2. The van der Waals surface area contributed by atoms with Crippen LogP contribution in [0.3, 0.4) is 0 Å². The number of fused-ring (bicyclic) bond motifs is 1. The Bertz CT molecular complexity index is 906. The lowest BCUT2D eigenvalue weighted by molar-refractivity contribution is 0.0949. The van der Waals surface area contributed by atoms with E-state index in [1.807, 2.05) is 29.0 Å². The summed E-state index contributed by atoms with van der Waals surface area (Å²) >= 11 is 0. The van der Waals surface area contributed by atoms with Gasteiger partial charge in [-0.25, -0.2) is 4.98 Å². The van der Waals surface area contributed by atoms with E-state index in [9.17, 15) is 4.79 Å². The van der Waals surface area contributed by atoms with Crippen molar-refractivity contribution < 1.29 is 14.3 Å². The maximum atomic E-state index is 12.5. The van der Waals surface area contributed by atoms with Gasteiger partial charge in [0.1, 0.15) is 13.2 Å². The Labute approximate surface area is 151 Å². The number of ether oxygens (including phenoxy) is 2. The van der Waals surface area contributed by atoms with Gasteiger partial charge in [0.05, 0.1) is 6.33 Å². The number of aromatic nitrogens is 2. The molecule has 1 N–H and O–H groups in total. The predicted molar refractivity (Wildman–Crippen MR) is 96.4 cm³/mol. The number of amides is 1. The van der Waals surface area contributed by atoms with E-state index in [2.05, 4.69) is 16.4 Å². The Kier molecular flexibility index (Phi) is 4.55. The summed E-state index contributed by atoms with van der Waals surface area (Å²) in [4.78, 5) is 16.6. The van der Waals surface area contributed by atoms with E-state index < -0.39 is 0 Å². The minimum Gasteiger partial charge on any atom is -0.486 e. The minimum absolute atomic E-state index is 0.139. The molecule has 1 amide bonds. The van der Waals surface area contributed by atoms with Crippen molar-refractivity contribution in [3.8, 4) is 11.5 Å². The van der Waals surface area contributed by atoms with Crippen LogP contribution in [0.5, 0.6) is 11.5 Å². The number of nitrogens with zero attached hydrogens (tertiary/aromatic N) is 2. The van der Waals surface area contributed by atoms with E-state index in [-0.39, 0.29) is 5.91 Å². The standard InChI is InChI=1S/C20H19N3O3/c24-20(15-5-6-18-19(11-15)26-10-9-25-18)22-12-16-3-1-2-4-17(16)13-23-8-7-21-14-23/h1-8,11,14H,9-10,12-13H2,(H,22,24). The van der Waals surface area contributed by atoms with Gasteiger partial charge in [-0.1, -0.05) is 24.3 Å². The second-order valence-corrected chi connectivity index (χ2v) is 6.04. The van der Waals surface area contributed by atoms with E-state index >= 15 is 0 Å². The molecule has 6 heteroatoms. The highest BCUT2D eigenvalue weighted by Crippen LogP contribution is 2.30. The average Bonchev–Trinajstić information content (AvgIpc) is 3.20. The van der Waals surface area contributed by atoms with Crippen LogP contribution in [-0.2, 0) is 13.1 Å². The van der Waals surface area contributed by atoms with Gasteiger partial charge in [-0.2, -0.15) is 0 Å². The molecule has 2 heterocycles. The number of carbonyl (C=O) groups is 1. The molecular weight excluding hydrogens is 330 g/mol. The molecule has 0 unspecified atom stereocenters. The molecule has 0 saturated carbocycles. The van der Waals surface area contributed by atoms with Crippen LogP contribution in [0.25, 0.3) is 0 Å². The van der Waals surface area contributed by atoms with Gasteiger partial charge in [0.25, 0.3) is 5.91 Å². The summed E-state index contributed by atoms with van der Waals surface area (Å²) in [6.07, 6.45) is 5.46. The van der Waals surface area contributed by atoms with E-state index in [1.165, 1.54) is 0 Å². The molecular formula is C20H19N3O3. The number of carbonyl (C=O) groups excluding carboxylic acids is 1. The first-order valence-electron chi connectivity index (χ1n) is 8.50. The van der Waals surface area contributed by atoms with Gasteiger partial charge >= 0.3 is 0 Å². The van der Waals surface area contributed by atoms with Crippen LogP contribution in [0.1, 0.15) is 21.5 Å². The first-order valence-corrected chi connectivity index (χ1v) is 8.50. The molecule has 4 rings (SSSR count). The van der Waals surface area contributed by atoms with E-state index in [4.69, 9.17) is 9.47 Å². The SMILES string of the molecule is O=C(NCc1ccccc1Cn1ccnc1)c1ccc2c(c1)OCCO2. The zero-order chi connectivity index (χ0) is 17.8. The number of hydrogen-bond donors (Lipinski definition) is 1. The molecule has 1 aromatic heterocycles. The number of hydrogen-bond acceptors (Lipinski definition) is 4. The average molecular weight is 349 g/mol. The summed E-state index contributed by atoms with van der Waals surface area (Å²) in [5.41, 5.74) is 2.78. The molecule has 0 atom stereocenters. The molecule has 1 aliphatic heterocycles. The highest BCUT2D eigenvalue weighted by Gasteiger charge is 2.15. The van der Waals surface area contributed by atoms with Crippen LogP contribution >= 0.6 is 0 Å². The normalized spacial score (nSPS) is 12.6. The number of nitrogens with one attached hydrogen (secondary N) is 1. The van der Waals surface area contributed by atoms with E-state index in [0.29, 0.717) is 36.8 Å². The number of rotatable bonds is 5. The first kappa shape index (κ1) is 16.2. The molecule has 6 nitrogen and oxygen atoms in total. The third-order valence-electron chi connectivity index (χ3n) is 4.27. The lowest BCUT2D eigenvalue weighted by Crippen LogP contribution is -2.24. The predicted octanol–water partition coefficient (Wildman–Crippen LogP) is 2.63. The summed E-state index contributed by atoms with van der Waals surface area (Å²) in [6.45, 7) is 2.21. The summed E-state index contributed by atoms with van der Waals surface area (Å²) in [5.74, 6) is 1.15. The Morgan fingerprint density at radius 1 is 1.08 bits per heavy atom. The third-order valence-corrected chi connectivity index (χ3v) is 4.27. The van der Waals surface area contributed by atoms with Crippen molar-refractivity contribution in [3.63, 3.8) is 0 Å². The fraction of sp³-hybridized carbons (Fsp3) is 0.200. The molecule has 0 saturated heterocycles. The molecule has 0 bridgehead atoms. The van der Waals surface area contributed by atoms with Gasteiger partial charge in [0.15, 0.2) is 11.5 Å². The van der Waals surface area contributed by atoms with Crippen molar-refractivity contribution >= 4 is 5.91 Å². The van der Waals surface area contributed by atoms with E-state index in [1.54, 1.807) is 30.7 Å². The van der Waals surface area contributed by atoms with Crippen molar-refractivity contribution in [2.24, 2.45) is 0 Å². The van der Waals surface area contributed by atoms with Crippen molar-refractivity contribution in [3.05, 3.63) is 77.9 Å². The molecule has 3 aromatic rings. The second kappa shape index (κ2) is 7.31. The van der Waals surface area contributed by atoms with Crippen molar-refractivity contribution in [1.29, 1.82) is 0 Å². The smallest absolute Gasteiger partial charge is 0.251 e. The summed E-state index contributed by atoms with van der Waals surface area (Å²) in [7, 11) is 0. The van der Waals surface area contributed by atoms with Crippen LogP contribution in [0.4, 0.5) is 0 Å². The van der Waals surface area contributed by atoms with Crippen molar-refractivity contribution in [1.82, 2.24) is 14.9 Å². The van der Waals surface area contributed by atoms with Gasteiger partial charge in [-0.3, -0.25) is 4.79 Å². The summed E-state index contributed by atoms with van der Waals surface area (Å²) in [5, 5.41) is 2.98. The maximum Gasteiger partial charge on any atom is 0.251 e. The second-order valence-electron chi connectivity index (χ2n) is 6.04. The van der Waals surface area contributed by atoms with Gasteiger partial charge in [0, 0.05) is 31.0 Å². The Morgan fingerprint density at radius 2 is 1.88 bits per heavy atom. The Morgan fingerprint density at radius 3 is 2.69 bits per heavy atom. The molecule has 1 aliphatic rings. The maximum absolute atomic E-state index is 12.5. The van der Waals surface area contributed by atoms with Gasteiger partial charge < -0.3 is 19.4 Å². The first-order chi connectivity index (χ1) is 12.8. The molecule has 0 fully saturated rings. The lowest BCUT2D eigenvalue weighted by Gasteiger charge is -2.18. The molecule has 0 aliphatic carbocycles. The zero-order valence-corrected chi connectivity index (χ0v) is 14.2. The Balaban J connectivity index is 1.45. The number of imidazole rings is 1. The van der Waals surface area contributed by atoms with Crippen LogP contribution < -0.4 is 14.8 Å². The Hall–Kier alpha value is -3.28. The highest BCUT2D eigenvalue weighted by atomic mass is 16.6. The fourth-order valence-corrected chi connectivity index (χ4v) is 2.92. The molecule has 2 aromatic carbocycles. The van der Waals surface area contributed by atoms with Gasteiger partial charge in [0.2, 0.25) is 0 Å². The highest BCUT2D eigenvalue weighted by molar-refractivity contribution is 5.94. The number of benzene rings is 2. The molecule has 0 radical (unpaired) electrons. The largest absolute Gasteiger partial charge is 0.486 e. The topological polar surface area (TPSA) is 65.4 Å². The summed E-state index contributed by atoms with van der Waals surface area (Å²) in [6, 6.07) is 13.3. The fourth-order valence-electron chi connectivity index (χ4n) is 2.92. The summed E-state index contributed by atoms with van der Waals surface area (Å²) < 4.78 is 13.0. The van der Waals surface area contributed by atoms with E-state index in [0.717, 1.165) is 17.7 Å². The minimum atomic E-state index is -0.139. The van der Waals surface area contributed by atoms with Gasteiger partial charge in [-0.15, -0.1) is 0 Å². The van der Waals surface area contributed by atoms with Crippen LogP contribution in [0.2, 0.25) is 0 Å². The molecule has 132 valence electrons. The van der Waals surface area contributed by atoms with Crippen LogP contribution in [0.15, 0.2) is 61.2 Å². The third kappa shape index (κ3) is 3.54. The monoisotopic (exact) mass is 349 g/mol. The van der Waals surface area contributed by atoms with Crippen LogP contribution in [0, 0.1) is 0 Å². The van der Waals surface area contributed by atoms with Crippen molar-refractivity contribution in [2.75, 3.05) is 13.2 Å². The van der Waals surface area contributed by atoms with Crippen LogP contribution in [-0.4, -0.2) is 28.7 Å². The molecule has 26 heavy (non-hydrogen) atoms. The molecule has 0 spiro atoms. The van der Waals surface area contributed by atoms with Crippen molar-refractivity contribution in [2.45, 2.75) is 13.1 Å². The van der Waals surface area contributed by atoms with Gasteiger partial charge in [-0.05, 0) is 29.3 Å². The quantitative estimate of drug-likeness (QED) is 0.769. The lowest BCUT2D eigenvalue weighted by atomic mass is 10.1.